The first-order valence-electron chi connectivity index (χ1n) is 5.19. The zero-order chi connectivity index (χ0) is 9.80. The third kappa shape index (κ3) is 2.53. The summed E-state index contributed by atoms with van der Waals surface area (Å²) in [4.78, 5) is 6.60. The lowest BCUT2D eigenvalue weighted by Crippen LogP contribution is -2.48. The average molecular weight is 191 g/mol. The van der Waals surface area contributed by atoms with Gasteiger partial charge in [-0.15, -0.1) is 0 Å². The number of piperazine rings is 1. The van der Waals surface area contributed by atoms with Crippen molar-refractivity contribution >= 4 is 0 Å². The monoisotopic (exact) mass is 191 g/mol. The summed E-state index contributed by atoms with van der Waals surface area (Å²) in [5.41, 5.74) is 1.31. The first kappa shape index (κ1) is 9.62. The molecule has 1 aliphatic rings. The topological polar surface area (TPSA) is 28.2 Å². The molecule has 3 nitrogen and oxygen atoms in total. The SMILES string of the molecule is C[C@H]1CN(Cc2cccnc2)CCN1. The van der Waals surface area contributed by atoms with Crippen LogP contribution in [-0.2, 0) is 6.54 Å². The minimum atomic E-state index is 0.612. The molecule has 0 amide bonds. The highest BCUT2D eigenvalue weighted by Gasteiger charge is 2.14. The highest BCUT2D eigenvalue weighted by molar-refractivity contribution is 5.08. The summed E-state index contributed by atoms with van der Waals surface area (Å²) in [6, 6.07) is 4.75. The van der Waals surface area contributed by atoms with Gasteiger partial charge in [-0.3, -0.25) is 9.88 Å². The van der Waals surface area contributed by atoms with Gasteiger partial charge in [0.1, 0.15) is 0 Å². The van der Waals surface area contributed by atoms with Gasteiger partial charge in [0.15, 0.2) is 0 Å². The van der Waals surface area contributed by atoms with E-state index in [2.05, 4.69) is 28.2 Å². The molecule has 0 bridgehead atoms. The lowest BCUT2D eigenvalue weighted by Gasteiger charge is -2.31. The van der Waals surface area contributed by atoms with Gasteiger partial charge in [-0.2, -0.15) is 0 Å². The van der Waals surface area contributed by atoms with Gasteiger partial charge in [-0.05, 0) is 18.6 Å². The quantitative estimate of drug-likeness (QED) is 0.752. The van der Waals surface area contributed by atoms with E-state index in [-0.39, 0.29) is 0 Å². The second-order valence-electron chi connectivity index (χ2n) is 3.95. The molecule has 0 aliphatic carbocycles. The molecule has 0 spiro atoms. The molecule has 76 valence electrons. The van der Waals surface area contributed by atoms with E-state index in [1.807, 2.05) is 18.5 Å². The molecule has 3 heteroatoms. The average Bonchev–Trinajstić information content (AvgIpc) is 2.19. The van der Waals surface area contributed by atoms with Crippen molar-refractivity contribution in [1.29, 1.82) is 0 Å². The fraction of sp³-hybridized carbons (Fsp3) is 0.545. The third-order valence-corrected chi connectivity index (χ3v) is 2.58. The van der Waals surface area contributed by atoms with Crippen molar-refractivity contribution in [1.82, 2.24) is 15.2 Å². The van der Waals surface area contributed by atoms with Crippen LogP contribution in [0.2, 0.25) is 0 Å². The fourth-order valence-electron chi connectivity index (χ4n) is 1.91. The summed E-state index contributed by atoms with van der Waals surface area (Å²) in [5.74, 6) is 0. The van der Waals surface area contributed by atoms with Crippen LogP contribution < -0.4 is 5.32 Å². The Kier molecular flexibility index (Phi) is 3.11. The summed E-state index contributed by atoms with van der Waals surface area (Å²) >= 11 is 0. The molecule has 1 atom stereocenters. The number of nitrogens with one attached hydrogen (secondary N) is 1. The number of hydrogen-bond acceptors (Lipinski definition) is 3. The Morgan fingerprint density at radius 2 is 2.57 bits per heavy atom. The van der Waals surface area contributed by atoms with Crippen molar-refractivity contribution in [3.8, 4) is 0 Å². The molecule has 1 saturated heterocycles. The number of rotatable bonds is 2. The number of pyridine rings is 1. The zero-order valence-corrected chi connectivity index (χ0v) is 8.61. The molecule has 1 aliphatic heterocycles. The number of nitrogens with zero attached hydrogens (tertiary/aromatic N) is 2. The highest BCUT2D eigenvalue weighted by atomic mass is 15.2. The second kappa shape index (κ2) is 4.53. The largest absolute Gasteiger partial charge is 0.312 e. The van der Waals surface area contributed by atoms with Crippen molar-refractivity contribution in [2.45, 2.75) is 19.5 Å². The first-order valence-corrected chi connectivity index (χ1v) is 5.19. The van der Waals surface area contributed by atoms with Crippen LogP contribution in [0.1, 0.15) is 12.5 Å². The van der Waals surface area contributed by atoms with Gasteiger partial charge in [0, 0.05) is 44.6 Å². The van der Waals surface area contributed by atoms with Gasteiger partial charge in [0.2, 0.25) is 0 Å². The molecule has 2 rings (SSSR count). The summed E-state index contributed by atoms with van der Waals surface area (Å²) < 4.78 is 0. The second-order valence-corrected chi connectivity index (χ2v) is 3.95. The predicted octanol–water partition coefficient (Wildman–Crippen LogP) is 0.875. The van der Waals surface area contributed by atoms with E-state index in [1.54, 1.807) is 0 Å². The smallest absolute Gasteiger partial charge is 0.0312 e. The normalized spacial score (nSPS) is 23.6. The molecule has 1 fully saturated rings. The highest BCUT2D eigenvalue weighted by Crippen LogP contribution is 2.05. The van der Waals surface area contributed by atoms with Crippen molar-refractivity contribution in [2.24, 2.45) is 0 Å². The Labute approximate surface area is 85.1 Å². The first-order chi connectivity index (χ1) is 6.84. The fourth-order valence-corrected chi connectivity index (χ4v) is 1.91. The lowest BCUT2D eigenvalue weighted by atomic mass is 10.2. The number of aromatic nitrogens is 1. The molecule has 2 heterocycles. The molecule has 1 N–H and O–H groups in total. The third-order valence-electron chi connectivity index (χ3n) is 2.58. The molecule has 0 unspecified atom stereocenters. The van der Waals surface area contributed by atoms with Crippen LogP contribution in [0.15, 0.2) is 24.5 Å². The van der Waals surface area contributed by atoms with Gasteiger partial charge >= 0.3 is 0 Å². The van der Waals surface area contributed by atoms with E-state index >= 15 is 0 Å². The van der Waals surface area contributed by atoms with Crippen molar-refractivity contribution in [3.05, 3.63) is 30.1 Å². The van der Waals surface area contributed by atoms with Crippen molar-refractivity contribution in [2.75, 3.05) is 19.6 Å². The van der Waals surface area contributed by atoms with Crippen molar-refractivity contribution < 1.29 is 0 Å². The van der Waals surface area contributed by atoms with Crippen LogP contribution in [0.25, 0.3) is 0 Å². The van der Waals surface area contributed by atoms with E-state index in [9.17, 15) is 0 Å². The van der Waals surface area contributed by atoms with Crippen LogP contribution in [0, 0.1) is 0 Å². The van der Waals surface area contributed by atoms with Gasteiger partial charge < -0.3 is 5.32 Å². The lowest BCUT2D eigenvalue weighted by molar-refractivity contribution is 0.199. The van der Waals surface area contributed by atoms with E-state index in [4.69, 9.17) is 0 Å². The molecule has 0 saturated carbocycles. The standard InChI is InChI=1S/C11H17N3/c1-10-8-14(6-5-13-10)9-11-3-2-4-12-7-11/h2-4,7,10,13H,5-6,8-9H2,1H3/t10-/m0/s1. The Hall–Kier alpha value is -0.930. The Bertz CT molecular complexity index is 273. The molecule has 14 heavy (non-hydrogen) atoms. The Morgan fingerprint density at radius 1 is 1.64 bits per heavy atom. The van der Waals surface area contributed by atoms with E-state index in [1.165, 1.54) is 5.56 Å². The summed E-state index contributed by atoms with van der Waals surface area (Å²) in [6.45, 7) is 6.63. The number of hydrogen-bond donors (Lipinski definition) is 1. The van der Waals surface area contributed by atoms with Gasteiger partial charge in [-0.1, -0.05) is 6.07 Å². The maximum Gasteiger partial charge on any atom is 0.0312 e. The molecular weight excluding hydrogens is 174 g/mol. The summed E-state index contributed by atoms with van der Waals surface area (Å²) in [7, 11) is 0. The molecule has 1 aromatic rings. The maximum atomic E-state index is 4.13. The minimum Gasteiger partial charge on any atom is -0.312 e. The minimum absolute atomic E-state index is 0.612. The van der Waals surface area contributed by atoms with Gasteiger partial charge in [0.25, 0.3) is 0 Å². The van der Waals surface area contributed by atoms with Crippen LogP contribution in [0.4, 0.5) is 0 Å². The van der Waals surface area contributed by atoms with E-state index in [0.29, 0.717) is 6.04 Å². The van der Waals surface area contributed by atoms with E-state index in [0.717, 1.165) is 26.2 Å². The van der Waals surface area contributed by atoms with Crippen LogP contribution in [0.3, 0.4) is 0 Å². The summed E-state index contributed by atoms with van der Waals surface area (Å²) in [6.07, 6.45) is 3.77. The Balaban J connectivity index is 1.91. The van der Waals surface area contributed by atoms with Gasteiger partial charge in [0.05, 0.1) is 0 Å². The molecule has 0 aromatic carbocycles. The zero-order valence-electron chi connectivity index (χ0n) is 8.61. The Morgan fingerprint density at radius 3 is 3.29 bits per heavy atom. The van der Waals surface area contributed by atoms with Crippen LogP contribution >= 0.6 is 0 Å². The van der Waals surface area contributed by atoms with Crippen LogP contribution in [-0.4, -0.2) is 35.6 Å². The van der Waals surface area contributed by atoms with Crippen LogP contribution in [0.5, 0.6) is 0 Å². The van der Waals surface area contributed by atoms with Crippen molar-refractivity contribution in [3.63, 3.8) is 0 Å². The molecule has 0 radical (unpaired) electrons. The summed E-state index contributed by atoms with van der Waals surface area (Å²) in [5, 5.41) is 3.44. The molecular formula is C11H17N3. The maximum absolute atomic E-state index is 4.13. The molecule has 1 aromatic heterocycles. The van der Waals surface area contributed by atoms with E-state index < -0.39 is 0 Å². The van der Waals surface area contributed by atoms with Gasteiger partial charge in [-0.25, -0.2) is 0 Å². The predicted molar refractivity (Wildman–Crippen MR) is 57.0 cm³/mol.